The third-order valence-corrected chi connectivity index (χ3v) is 5.73. The zero-order valence-electron chi connectivity index (χ0n) is 13.0. The number of imidazole rings is 1. The summed E-state index contributed by atoms with van der Waals surface area (Å²) in [4.78, 5) is 18.1. The monoisotopic (exact) mass is 400 g/mol. The maximum Gasteiger partial charge on any atom is 0.274 e. The summed E-state index contributed by atoms with van der Waals surface area (Å²) in [5, 5.41) is 9.58. The van der Waals surface area contributed by atoms with Crippen molar-refractivity contribution in [2.75, 3.05) is 0 Å². The van der Waals surface area contributed by atoms with Crippen LogP contribution in [0.15, 0.2) is 39.6 Å². The predicted molar refractivity (Wildman–Crippen MR) is 101 cm³/mol. The number of aryl methyl sites for hydroxylation is 2. The summed E-state index contributed by atoms with van der Waals surface area (Å²) < 4.78 is 2.89. The van der Waals surface area contributed by atoms with Gasteiger partial charge in [0, 0.05) is 0 Å². The number of thiazole rings is 1. The Bertz CT molecular complexity index is 1220. The Morgan fingerprint density at radius 2 is 1.96 bits per heavy atom. The van der Waals surface area contributed by atoms with Crippen LogP contribution in [0, 0.1) is 13.8 Å². The molecule has 24 heavy (non-hydrogen) atoms. The molecule has 0 atom stereocenters. The molecule has 0 spiro atoms. The summed E-state index contributed by atoms with van der Waals surface area (Å²) >= 11 is 4.66. The van der Waals surface area contributed by atoms with Crippen LogP contribution in [0.4, 0.5) is 0 Å². The molecule has 0 saturated carbocycles. The van der Waals surface area contributed by atoms with E-state index in [9.17, 15) is 9.90 Å². The van der Waals surface area contributed by atoms with Gasteiger partial charge in [0.2, 0.25) is 0 Å². The van der Waals surface area contributed by atoms with Crippen LogP contribution < -0.4 is 10.1 Å². The van der Waals surface area contributed by atoms with Crippen molar-refractivity contribution in [1.82, 2.24) is 9.38 Å². The third kappa shape index (κ3) is 2.34. The lowest BCUT2D eigenvalue weighted by atomic mass is 10.1. The van der Waals surface area contributed by atoms with Crippen molar-refractivity contribution < 1.29 is 5.11 Å². The van der Waals surface area contributed by atoms with Gasteiger partial charge in [-0.05, 0) is 76.8 Å². The van der Waals surface area contributed by atoms with Gasteiger partial charge in [0.15, 0.2) is 4.96 Å². The molecule has 0 saturated heterocycles. The molecule has 6 heteroatoms. The van der Waals surface area contributed by atoms with Gasteiger partial charge in [-0.3, -0.25) is 4.79 Å². The zero-order chi connectivity index (χ0) is 17.0. The Kier molecular flexibility index (Phi) is 3.47. The van der Waals surface area contributed by atoms with Crippen LogP contribution >= 0.6 is 27.3 Å². The molecule has 0 fully saturated rings. The number of hydrogen-bond donors (Lipinski definition) is 1. The van der Waals surface area contributed by atoms with E-state index in [4.69, 9.17) is 0 Å². The van der Waals surface area contributed by atoms with Crippen LogP contribution in [0.1, 0.15) is 16.7 Å². The van der Waals surface area contributed by atoms with Gasteiger partial charge < -0.3 is 5.11 Å². The maximum atomic E-state index is 12.8. The highest BCUT2D eigenvalue weighted by molar-refractivity contribution is 9.10. The maximum absolute atomic E-state index is 12.8. The molecule has 1 N–H and O–H groups in total. The third-order valence-electron chi connectivity index (χ3n) is 4.12. The SMILES string of the molecule is Cc1cc2nc3s/c(=C\c4ccc(O)c(Br)c4)c(=O)n3c2cc1C. The van der Waals surface area contributed by atoms with E-state index in [1.165, 1.54) is 16.9 Å². The highest BCUT2D eigenvalue weighted by Gasteiger charge is 2.12. The van der Waals surface area contributed by atoms with E-state index in [0.29, 0.717) is 14.0 Å². The van der Waals surface area contributed by atoms with Gasteiger partial charge in [0.1, 0.15) is 5.75 Å². The second-order valence-corrected chi connectivity index (χ2v) is 7.65. The second-order valence-electron chi connectivity index (χ2n) is 5.78. The Balaban J connectivity index is 1.99. The Morgan fingerprint density at radius 1 is 1.21 bits per heavy atom. The van der Waals surface area contributed by atoms with Crippen LogP contribution in [0.5, 0.6) is 5.75 Å². The van der Waals surface area contributed by atoms with E-state index < -0.39 is 0 Å². The zero-order valence-corrected chi connectivity index (χ0v) is 15.4. The standard InChI is InChI=1S/C18H13BrN2O2S/c1-9-5-13-14(6-10(9)2)21-17(23)16(24-18(21)20-13)8-11-3-4-15(22)12(19)7-11/h3-8,22H,1-2H3/b16-8-. The lowest BCUT2D eigenvalue weighted by molar-refractivity contribution is 0.472. The molecule has 4 rings (SSSR count). The van der Waals surface area contributed by atoms with Crippen molar-refractivity contribution in [2.45, 2.75) is 13.8 Å². The lowest BCUT2D eigenvalue weighted by Crippen LogP contribution is -2.22. The molecule has 0 radical (unpaired) electrons. The van der Waals surface area contributed by atoms with Gasteiger partial charge in [-0.25, -0.2) is 9.38 Å². The topological polar surface area (TPSA) is 54.6 Å². The number of aromatic nitrogens is 2. The van der Waals surface area contributed by atoms with Gasteiger partial charge in [-0.15, -0.1) is 0 Å². The fourth-order valence-electron chi connectivity index (χ4n) is 2.68. The number of benzene rings is 2. The molecule has 0 amide bonds. The molecular formula is C18H13BrN2O2S. The first kappa shape index (κ1) is 15.4. The summed E-state index contributed by atoms with van der Waals surface area (Å²) in [5.74, 6) is 0.173. The number of halogens is 1. The van der Waals surface area contributed by atoms with Crippen LogP contribution in [0.2, 0.25) is 0 Å². The second kappa shape index (κ2) is 5.43. The Hall–Kier alpha value is -2.18. The van der Waals surface area contributed by atoms with Gasteiger partial charge in [-0.2, -0.15) is 0 Å². The molecule has 0 unspecified atom stereocenters. The highest BCUT2D eigenvalue weighted by atomic mass is 79.9. The van der Waals surface area contributed by atoms with Crippen LogP contribution in [-0.4, -0.2) is 14.5 Å². The molecule has 2 aromatic heterocycles. The van der Waals surface area contributed by atoms with E-state index in [0.717, 1.165) is 22.2 Å². The molecule has 0 aliphatic carbocycles. The highest BCUT2D eigenvalue weighted by Crippen LogP contribution is 2.25. The average Bonchev–Trinajstić information content (AvgIpc) is 3.01. The van der Waals surface area contributed by atoms with Gasteiger partial charge in [0.05, 0.1) is 20.0 Å². The van der Waals surface area contributed by atoms with Crippen LogP contribution in [-0.2, 0) is 0 Å². The minimum atomic E-state index is -0.0649. The van der Waals surface area contributed by atoms with Crippen molar-refractivity contribution >= 4 is 49.3 Å². The number of hydrogen-bond acceptors (Lipinski definition) is 4. The first-order valence-electron chi connectivity index (χ1n) is 7.36. The summed E-state index contributed by atoms with van der Waals surface area (Å²) in [6, 6.07) is 9.18. The normalized spacial score (nSPS) is 12.5. The molecular weight excluding hydrogens is 388 g/mol. The van der Waals surface area contributed by atoms with E-state index in [1.54, 1.807) is 22.6 Å². The molecule has 120 valence electrons. The number of phenolic OH excluding ortho intramolecular Hbond substituents is 1. The fourth-order valence-corrected chi connectivity index (χ4v) is 4.07. The fraction of sp³-hybridized carbons (Fsp3) is 0.111. The van der Waals surface area contributed by atoms with Crippen molar-refractivity contribution in [3.63, 3.8) is 0 Å². The van der Waals surface area contributed by atoms with Crippen molar-refractivity contribution in [2.24, 2.45) is 0 Å². The molecule has 0 aliphatic rings. The number of rotatable bonds is 1. The van der Waals surface area contributed by atoms with E-state index >= 15 is 0 Å². The van der Waals surface area contributed by atoms with Crippen LogP contribution in [0.25, 0.3) is 22.1 Å². The van der Waals surface area contributed by atoms with E-state index in [1.807, 2.05) is 32.1 Å². The molecule has 0 bridgehead atoms. The first-order valence-corrected chi connectivity index (χ1v) is 8.97. The van der Waals surface area contributed by atoms with Gasteiger partial charge in [-0.1, -0.05) is 17.4 Å². The van der Waals surface area contributed by atoms with E-state index in [-0.39, 0.29) is 11.3 Å². The van der Waals surface area contributed by atoms with Gasteiger partial charge in [0.25, 0.3) is 5.56 Å². The Labute approximate surface area is 149 Å². The first-order chi connectivity index (χ1) is 11.4. The van der Waals surface area contributed by atoms with Crippen molar-refractivity contribution in [1.29, 1.82) is 0 Å². The summed E-state index contributed by atoms with van der Waals surface area (Å²) in [5.41, 5.74) is 4.79. The minimum absolute atomic E-state index is 0.0649. The molecule has 2 aromatic carbocycles. The lowest BCUT2D eigenvalue weighted by Gasteiger charge is -1.98. The predicted octanol–water partition coefficient (Wildman–Crippen LogP) is 3.54. The number of nitrogens with zero attached hydrogens (tertiary/aromatic N) is 2. The number of phenols is 1. The number of aromatic hydroxyl groups is 1. The summed E-state index contributed by atoms with van der Waals surface area (Å²) in [6.07, 6.45) is 1.82. The minimum Gasteiger partial charge on any atom is -0.507 e. The molecule has 2 heterocycles. The molecule has 4 nitrogen and oxygen atoms in total. The van der Waals surface area contributed by atoms with Gasteiger partial charge >= 0.3 is 0 Å². The quantitative estimate of drug-likeness (QED) is 0.531. The molecule has 4 aromatic rings. The summed E-state index contributed by atoms with van der Waals surface area (Å²) in [6.45, 7) is 4.08. The van der Waals surface area contributed by atoms with Crippen molar-refractivity contribution in [3.8, 4) is 5.75 Å². The van der Waals surface area contributed by atoms with Crippen molar-refractivity contribution in [3.05, 3.63) is 66.4 Å². The number of fused-ring (bicyclic) bond motifs is 3. The average molecular weight is 401 g/mol. The molecule has 0 aliphatic heterocycles. The summed E-state index contributed by atoms with van der Waals surface area (Å²) in [7, 11) is 0. The smallest absolute Gasteiger partial charge is 0.274 e. The van der Waals surface area contributed by atoms with E-state index in [2.05, 4.69) is 20.9 Å². The Morgan fingerprint density at radius 3 is 2.71 bits per heavy atom. The largest absolute Gasteiger partial charge is 0.507 e. The van der Waals surface area contributed by atoms with Crippen LogP contribution in [0.3, 0.4) is 0 Å².